The van der Waals surface area contributed by atoms with Gasteiger partial charge in [0.15, 0.2) is 10.3 Å². The van der Waals surface area contributed by atoms with Gasteiger partial charge in [0, 0.05) is 55.4 Å². The van der Waals surface area contributed by atoms with E-state index in [2.05, 4.69) is 32.0 Å². The summed E-state index contributed by atoms with van der Waals surface area (Å²) in [6, 6.07) is 0. The highest BCUT2D eigenvalue weighted by Crippen LogP contribution is 2.25. The maximum absolute atomic E-state index is 4.55. The lowest BCUT2D eigenvalue weighted by molar-refractivity contribution is 0.650. The summed E-state index contributed by atoms with van der Waals surface area (Å²) in [7, 11) is 0. The molecule has 0 atom stereocenters. The lowest BCUT2D eigenvalue weighted by atomic mass is 10.3. The van der Waals surface area contributed by atoms with E-state index < -0.39 is 0 Å². The van der Waals surface area contributed by atoms with E-state index in [-0.39, 0.29) is 0 Å². The summed E-state index contributed by atoms with van der Waals surface area (Å²) < 4.78 is 0. The molecule has 108 valence electrons. The van der Waals surface area contributed by atoms with E-state index in [9.17, 15) is 0 Å². The Hall–Kier alpha value is -1.18. The zero-order chi connectivity index (χ0) is 13.8. The van der Waals surface area contributed by atoms with Crippen molar-refractivity contribution in [1.82, 2.24) is 15.3 Å². The van der Waals surface area contributed by atoms with Crippen LogP contribution in [0.4, 0.5) is 10.3 Å². The molecule has 1 aliphatic rings. The molecule has 0 aliphatic carbocycles. The van der Waals surface area contributed by atoms with Crippen molar-refractivity contribution in [3.63, 3.8) is 0 Å². The van der Waals surface area contributed by atoms with Gasteiger partial charge in [-0.05, 0) is 6.54 Å². The van der Waals surface area contributed by atoms with Crippen LogP contribution < -0.4 is 15.1 Å². The summed E-state index contributed by atoms with van der Waals surface area (Å²) >= 11 is 3.51. The minimum absolute atomic E-state index is 0.924. The van der Waals surface area contributed by atoms with Crippen LogP contribution >= 0.6 is 22.7 Å². The Bertz CT molecular complexity index is 517. The van der Waals surface area contributed by atoms with Crippen LogP contribution in [0, 0.1) is 0 Å². The monoisotopic (exact) mass is 309 g/mol. The molecule has 1 saturated heterocycles. The van der Waals surface area contributed by atoms with Crippen LogP contribution in [0.2, 0.25) is 0 Å². The number of anilines is 2. The van der Waals surface area contributed by atoms with Gasteiger partial charge in [0.05, 0.1) is 0 Å². The van der Waals surface area contributed by atoms with Crippen molar-refractivity contribution in [2.24, 2.45) is 0 Å². The summed E-state index contributed by atoms with van der Waals surface area (Å²) in [4.78, 5) is 15.0. The van der Waals surface area contributed by atoms with E-state index in [0.29, 0.717) is 0 Å². The summed E-state index contributed by atoms with van der Waals surface area (Å²) in [6.07, 6.45) is 3.87. The highest BCUT2D eigenvalue weighted by atomic mass is 32.1. The van der Waals surface area contributed by atoms with Crippen LogP contribution in [0.1, 0.15) is 11.8 Å². The van der Waals surface area contributed by atoms with Gasteiger partial charge in [0.25, 0.3) is 0 Å². The number of nitrogens with one attached hydrogen (secondary N) is 1. The van der Waals surface area contributed by atoms with E-state index in [1.807, 2.05) is 17.8 Å². The minimum atomic E-state index is 0.924. The van der Waals surface area contributed by atoms with Crippen LogP contribution in [-0.2, 0) is 6.54 Å². The third kappa shape index (κ3) is 3.11. The highest BCUT2D eigenvalue weighted by Gasteiger charge is 2.20. The maximum atomic E-state index is 4.55. The summed E-state index contributed by atoms with van der Waals surface area (Å²) in [5, 5.41) is 7.67. The SMILES string of the molecule is CCNCc1cnc(N2CCN(c3nccs3)CC2)s1. The molecule has 3 heterocycles. The van der Waals surface area contributed by atoms with Gasteiger partial charge in [-0.3, -0.25) is 0 Å². The standard InChI is InChI=1S/C13H19N5S2/c1-2-14-9-11-10-16-13(20-11)18-6-4-17(5-7-18)12-15-3-8-19-12/h3,8,10,14H,2,4-7,9H2,1H3. The van der Waals surface area contributed by atoms with E-state index >= 15 is 0 Å². The molecule has 2 aromatic heterocycles. The van der Waals surface area contributed by atoms with Crippen molar-refractivity contribution >= 4 is 32.9 Å². The molecule has 1 N–H and O–H groups in total. The number of thiazole rings is 2. The van der Waals surface area contributed by atoms with E-state index in [4.69, 9.17) is 0 Å². The number of piperazine rings is 1. The lowest BCUT2D eigenvalue weighted by Crippen LogP contribution is -2.46. The first-order valence-corrected chi connectivity index (χ1v) is 8.61. The van der Waals surface area contributed by atoms with Crippen LogP contribution in [0.15, 0.2) is 17.8 Å². The van der Waals surface area contributed by atoms with Crippen LogP contribution in [-0.4, -0.2) is 42.7 Å². The van der Waals surface area contributed by atoms with Gasteiger partial charge >= 0.3 is 0 Å². The second kappa shape index (κ2) is 6.51. The summed E-state index contributed by atoms with van der Waals surface area (Å²) in [6.45, 7) is 8.14. The third-order valence-electron chi connectivity index (χ3n) is 3.33. The van der Waals surface area contributed by atoms with Crippen molar-refractivity contribution < 1.29 is 0 Å². The van der Waals surface area contributed by atoms with Crippen LogP contribution in [0.3, 0.4) is 0 Å². The number of nitrogens with zero attached hydrogens (tertiary/aromatic N) is 4. The number of hydrogen-bond acceptors (Lipinski definition) is 7. The second-order valence-corrected chi connectivity index (χ2v) is 6.64. The first kappa shape index (κ1) is 13.8. The van der Waals surface area contributed by atoms with E-state index in [1.165, 1.54) is 4.88 Å². The molecular weight excluding hydrogens is 290 g/mol. The van der Waals surface area contributed by atoms with Gasteiger partial charge in [0.2, 0.25) is 0 Å². The molecule has 20 heavy (non-hydrogen) atoms. The molecule has 7 heteroatoms. The van der Waals surface area contributed by atoms with Gasteiger partial charge in [-0.15, -0.1) is 22.7 Å². The first-order valence-electron chi connectivity index (χ1n) is 6.91. The number of rotatable bonds is 5. The van der Waals surface area contributed by atoms with Gasteiger partial charge in [-0.2, -0.15) is 0 Å². The highest BCUT2D eigenvalue weighted by molar-refractivity contribution is 7.15. The van der Waals surface area contributed by atoms with E-state index in [0.717, 1.165) is 49.5 Å². The molecule has 0 radical (unpaired) electrons. The Balaban J connectivity index is 1.56. The topological polar surface area (TPSA) is 44.3 Å². The fourth-order valence-electron chi connectivity index (χ4n) is 2.23. The molecule has 1 aliphatic heterocycles. The van der Waals surface area contributed by atoms with Gasteiger partial charge in [-0.1, -0.05) is 6.92 Å². The Morgan fingerprint density at radius 1 is 1.15 bits per heavy atom. The van der Waals surface area contributed by atoms with Crippen molar-refractivity contribution in [1.29, 1.82) is 0 Å². The smallest absolute Gasteiger partial charge is 0.185 e. The van der Waals surface area contributed by atoms with Crippen molar-refractivity contribution in [3.8, 4) is 0 Å². The molecule has 5 nitrogen and oxygen atoms in total. The fraction of sp³-hybridized carbons (Fsp3) is 0.538. The Kier molecular flexibility index (Phi) is 4.49. The predicted molar refractivity (Wildman–Crippen MR) is 86.0 cm³/mol. The molecular formula is C13H19N5S2. The summed E-state index contributed by atoms with van der Waals surface area (Å²) in [5.41, 5.74) is 0. The molecule has 3 rings (SSSR count). The molecule has 0 unspecified atom stereocenters. The normalized spacial score (nSPS) is 15.8. The van der Waals surface area contributed by atoms with Gasteiger partial charge in [0.1, 0.15) is 0 Å². The molecule has 1 fully saturated rings. The Labute approximate surface area is 127 Å². The third-order valence-corrected chi connectivity index (χ3v) is 5.22. The molecule has 0 amide bonds. The van der Waals surface area contributed by atoms with Crippen LogP contribution in [0.25, 0.3) is 0 Å². The predicted octanol–water partition coefficient (Wildman–Crippen LogP) is 2.04. The number of aromatic nitrogens is 2. The first-order chi connectivity index (χ1) is 9.86. The Morgan fingerprint density at radius 3 is 2.55 bits per heavy atom. The quantitative estimate of drug-likeness (QED) is 0.915. The Morgan fingerprint density at radius 2 is 1.90 bits per heavy atom. The molecule has 0 aromatic carbocycles. The molecule has 0 spiro atoms. The zero-order valence-electron chi connectivity index (χ0n) is 11.6. The average molecular weight is 309 g/mol. The zero-order valence-corrected chi connectivity index (χ0v) is 13.2. The fourth-order valence-corrected chi connectivity index (χ4v) is 3.86. The molecule has 0 saturated carbocycles. The average Bonchev–Trinajstić information content (AvgIpc) is 3.17. The van der Waals surface area contributed by atoms with Crippen LogP contribution in [0.5, 0.6) is 0 Å². The minimum Gasteiger partial charge on any atom is -0.345 e. The second-order valence-electron chi connectivity index (χ2n) is 4.68. The van der Waals surface area contributed by atoms with Crippen molar-refractivity contribution in [3.05, 3.63) is 22.7 Å². The van der Waals surface area contributed by atoms with E-state index in [1.54, 1.807) is 22.7 Å². The van der Waals surface area contributed by atoms with Gasteiger partial charge < -0.3 is 15.1 Å². The molecule has 2 aromatic rings. The number of hydrogen-bond donors (Lipinski definition) is 1. The summed E-state index contributed by atoms with van der Waals surface area (Å²) in [5.74, 6) is 0. The maximum Gasteiger partial charge on any atom is 0.185 e. The lowest BCUT2D eigenvalue weighted by Gasteiger charge is -2.34. The van der Waals surface area contributed by atoms with Crippen molar-refractivity contribution in [2.45, 2.75) is 13.5 Å². The van der Waals surface area contributed by atoms with Crippen molar-refractivity contribution in [2.75, 3.05) is 42.5 Å². The molecule has 0 bridgehead atoms. The largest absolute Gasteiger partial charge is 0.345 e. The van der Waals surface area contributed by atoms with Gasteiger partial charge in [-0.25, -0.2) is 9.97 Å².